The Kier molecular flexibility index (Phi) is 4.98. The fourth-order valence-electron chi connectivity index (χ4n) is 8.01. The second-order valence-corrected chi connectivity index (χ2v) is 12.3. The molecule has 2 bridgehead atoms. The Labute approximate surface area is 188 Å². The molecule has 3 heteroatoms. The molecule has 3 nitrogen and oxygen atoms in total. The van der Waals surface area contributed by atoms with E-state index in [1.807, 2.05) is 0 Å². The summed E-state index contributed by atoms with van der Waals surface area (Å²) in [7, 11) is 0. The Morgan fingerprint density at radius 3 is 2.48 bits per heavy atom. The van der Waals surface area contributed by atoms with Gasteiger partial charge in [0.2, 0.25) is 0 Å². The molecule has 1 saturated heterocycles. The molecule has 1 N–H and O–H groups in total. The molecule has 0 amide bonds. The van der Waals surface area contributed by atoms with Gasteiger partial charge in [-0.05, 0) is 78.9 Å². The summed E-state index contributed by atoms with van der Waals surface area (Å²) in [5.41, 5.74) is 0.656. The Hall–Kier alpha value is -0.900. The van der Waals surface area contributed by atoms with Crippen LogP contribution in [0.15, 0.2) is 36.0 Å². The van der Waals surface area contributed by atoms with E-state index in [9.17, 15) is 5.11 Å². The Balaban J connectivity index is 1.48. The average molecular weight is 427 g/mol. The second-order valence-electron chi connectivity index (χ2n) is 12.3. The van der Waals surface area contributed by atoms with Crippen molar-refractivity contribution in [3.8, 4) is 0 Å². The Morgan fingerprint density at radius 2 is 1.81 bits per heavy atom. The summed E-state index contributed by atoms with van der Waals surface area (Å²) in [6, 6.07) is 0. The minimum absolute atomic E-state index is 0.0726. The highest BCUT2D eigenvalue weighted by atomic mass is 17.2. The number of aliphatic hydroxyl groups excluding tert-OH is 1. The van der Waals surface area contributed by atoms with Gasteiger partial charge in [0.1, 0.15) is 11.2 Å². The van der Waals surface area contributed by atoms with E-state index in [0.29, 0.717) is 36.0 Å². The van der Waals surface area contributed by atoms with Gasteiger partial charge in [0.25, 0.3) is 0 Å². The first-order chi connectivity index (χ1) is 14.6. The molecule has 31 heavy (non-hydrogen) atoms. The van der Waals surface area contributed by atoms with Crippen molar-refractivity contribution in [2.24, 2.45) is 40.4 Å². The largest absolute Gasteiger partial charge is 0.393 e. The first kappa shape index (κ1) is 21.9. The van der Waals surface area contributed by atoms with Crippen LogP contribution in [0.4, 0.5) is 0 Å². The van der Waals surface area contributed by atoms with Crippen LogP contribution < -0.4 is 0 Å². The molecule has 0 aromatic carbocycles. The lowest BCUT2D eigenvalue weighted by molar-refractivity contribution is -0.455. The molecular formula is C28H42O3. The number of hydrogen-bond acceptors (Lipinski definition) is 3. The van der Waals surface area contributed by atoms with E-state index in [1.165, 1.54) is 18.4 Å². The summed E-state index contributed by atoms with van der Waals surface area (Å²) in [6.07, 6.45) is 17.8. The zero-order valence-electron chi connectivity index (χ0n) is 20.4. The van der Waals surface area contributed by atoms with Crippen LogP contribution in [0.1, 0.15) is 80.1 Å². The van der Waals surface area contributed by atoms with Crippen LogP contribution in [0.5, 0.6) is 0 Å². The molecule has 6 aliphatic rings. The summed E-state index contributed by atoms with van der Waals surface area (Å²) >= 11 is 0. The van der Waals surface area contributed by atoms with Gasteiger partial charge < -0.3 is 5.11 Å². The number of rotatable bonds is 4. The van der Waals surface area contributed by atoms with Crippen molar-refractivity contribution in [2.45, 2.75) is 97.4 Å². The SMILES string of the molecule is CC(C)[C@@H](C)/C=C/[C@@H](C)[C@H]1CC[C@@H]2[C@]1(C)CC=C1[C@]23C=C[C@]2(C[C@@H](O)CC[C@]12C)OO3. The molecule has 2 spiro atoms. The molecule has 0 aromatic rings. The molecule has 4 aliphatic carbocycles. The predicted molar refractivity (Wildman–Crippen MR) is 124 cm³/mol. The molecule has 2 heterocycles. The van der Waals surface area contributed by atoms with Crippen molar-refractivity contribution >= 4 is 0 Å². The van der Waals surface area contributed by atoms with Gasteiger partial charge in [-0.2, -0.15) is 0 Å². The summed E-state index contributed by atoms with van der Waals surface area (Å²) in [4.78, 5) is 12.6. The maximum Gasteiger partial charge on any atom is 0.147 e. The summed E-state index contributed by atoms with van der Waals surface area (Å²) in [5, 5.41) is 10.4. The van der Waals surface area contributed by atoms with Gasteiger partial charge in [0.05, 0.1) is 6.10 Å². The van der Waals surface area contributed by atoms with Gasteiger partial charge in [-0.15, -0.1) is 0 Å². The van der Waals surface area contributed by atoms with Crippen LogP contribution in [-0.2, 0) is 9.78 Å². The van der Waals surface area contributed by atoms with Crippen LogP contribution in [-0.4, -0.2) is 22.4 Å². The minimum atomic E-state index is -0.507. The summed E-state index contributed by atoms with van der Waals surface area (Å²) in [5.74, 6) is 2.98. The topological polar surface area (TPSA) is 38.7 Å². The van der Waals surface area contributed by atoms with E-state index in [-0.39, 0.29) is 16.9 Å². The smallest absolute Gasteiger partial charge is 0.147 e. The van der Waals surface area contributed by atoms with Crippen molar-refractivity contribution in [1.29, 1.82) is 0 Å². The highest BCUT2D eigenvalue weighted by molar-refractivity contribution is 5.48. The number of allylic oxidation sites excluding steroid dienone is 3. The number of fused-ring (bicyclic) bond motifs is 2. The van der Waals surface area contributed by atoms with E-state index in [2.05, 4.69) is 71.9 Å². The van der Waals surface area contributed by atoms with Gasteiger partial charge in [0, 0.05) is 17.8 Å². The minimum Gasteiger partial charge on any atom is -0.393 e. The van der Waals surface area contributed by atoms with Crippen molar-refractivity contribution in [2.75, 3.05) is 0 Å². The van der Waals surface area contributed by atoms with Crippen molar-refractivity contribution < 1.29 is 14.9 Å². The van der Waals surface area contributed by atoms with Crippen LogP contribution in [0.25, 0.3) is 0 Å². The third-order valence-electron chi connectivity index (χ3n) is 10.5. The first-order valence-electron chi connectivity index (χ1n) is 12.7. The lowest BCUT2D eigenvalue weighted by Crippen LogP contribution is -2.69. The molecular weight excluding hydrogens is 384 g/mol. The molecule has 172 valence electrons. The van der Waals surface area contributed by atoms with E-state index in [1.54, 1.807) is 0 Å². The summed E-state index contributed by atoms with van der Waals surface area (Å²) < 4.78 is 0. The molecule has 9 atom stereocenters. The van der Waals surface area contributed by atoms with E-state index in [4.69, 9.17) is 9.78 Å². The third kappa shape index (κ3) is 2.82. The standard InChI is InChI=1S/C28H42O3/c1-18(2)19(3)7-8-20(4)22-9-10-23-25(22,5)13-12-24-26(6)14-11-21(29)17-27(26)15-16-28(23,24)31-30-27/h7-8,12,15-16,18-23,29H,9-11,13-14,17H2,1-6H3/b8-7+/t19-,20+,21-,22+,23+,25+,26+,27+,28-/m0/s1. The fraction of sp³-hybridized carbons (Fsp3) is 0.786. The molecule has 2 saturated carbocycles. The quantitative estimate of drug-likeness (QED) is 0.418. The lowest BCUT2D eigenvalue weighted by Gasteiger charge is -2.66. The molecule has 0 radical (unpaired) electrons. The zero-order valence-corrected chi connectivity index (χ0v) is 20.4. The molecule has 0 aromatic heterocycles. The van der Waals surface area contributed by atoms with E-state index < -0.39 is 11.2 Å². The zero-order chi connectivity index (χ0) is 22.2. The fourth-order valence-corrected chi connectivity index (χ4v) is 8.01. The van der Waals surface area contributed by atoms with Crippen molar-refractivity contribution in [1.82, 2.24) is 0 Å². The second kappa shape index (κ2) is 7.05. The van der Waals surface area contributed by atoms with Crippen LogP contribution in [0.2, 0.25) is 0 Å². The molecule has 0 unspecified atom stereocenters. The lowest BCUT2D eigenvalue weighted by atomic mass is 9.47. The van der Waals surface area contributed by atoms with Crippen LogP contribution >= 0.6 is 0 Å². The third-order valence-corrected chi connectivity index (χ3v) is 10.5. The van der Waals surface area contributed by atoms with Gasteiger partial charge in [-0.3, -0.25) is 0 Å². The monoisotopic (exact) mass is 426 g/mol. The van der Waals surface area contributed by atoms with Gasteiger partial charge in [-0.25, -0.2) is 9.78 Å². The molecule has 3 fully saturated rings. The molecule has 2 aliphatic heterocycles. The van der Waals surface area contributed by atoms with Gasteiger partial charge in [0.15, 0.2) is 0 Å². The van der Waals surface area contributed by atoms with E-state index in [0.717, 1.165) is 19.3 Å². The van der Waals surface area contributed by atoms with Crippen LogP contribution in [0, 0.1) is 40.4 Å². The van der Waals surface area contributed by atoms with Crippen molar-refractivity contribution in [3.05, 3.63) is 36.0 Å². The molecule has 6 rings (SSSR count). The predicted octanol–water partition coefficient (Wildman–Crippen LogP) is 6.39. The maximum absolute atomic E-state index is 10.4. The van der Waals surface area contributed by atoms with Crippen molar-refractivity contribution in [3.63, 3.8) is 0 Å². The maximum atomic E-state index is 10.4. The highest BCUT2D eigenvalue weighted by Gasteiger charge is 2.71. The normalized spacial score (nSPS) is 50.2. The average Bonchev–Trinajstić information content (AvgIpc) is 3.09. The highest BCUT2D eigenvalue weighted by Crippen LogP contribution is 2.71. The number of hydrogen-bond donors (Lipinski definition) is 1. The Morgan fingerprint density at radius 1 is 1.03 bits per heavy atom. The van der Waals surface area contributed by atoms with Crippen LogP contribution in [0.3, 0.4) is 0 Å². The van der Waals surface area contributed by atoms with Gasteiger partial charge in [-0.1, -0.05) is 59.8 Å². The van der Waals surface area contributed by atoms with E-state index >= 15 is 0 Å². The summed E-state index contributed by atoms with van der Waals surface area (Å²) in [6.45, 7) is 14.2. The Bertz CT molecular complexity index is 826. The van der Waals surface area contributed by atoms with Gasteiger partial charge >= 0.3 is 0 Å². The first-order valence-corrected chi connectivity index (χ1v) is 12.7. The number of aliphatic hydroxyl groups is 1.